The van der Waals surface area contributed by atoms with E-state index in [1.807, 2.05) is 38.1 Å². The number of amides is 1. The Balaban J connectivity index is 3.23. The molecular weight excluding hydrogens is 192 g/mol. The zero-order valence-electron chi connectivity index (χ0n) is 8.69. The molecule has 0 heterocycles. The summed E-state index contributed by atoms with van der Waals surface area (Å²) in [5.41, 5.74) is 2.31. The molecule has 1 N–H and O–H groups in total. The number of rotatable bonds is 2. The van der Waals surface area contributed by atoms with Crippen molar-refractivity contribution in [1.29, 1.82) is 5.26 Å². The van der Waals surface area contributed by atoms with Gasteiger partial charge in [0.05, 0.1) is 11.8 Å². The molecule has 4 nitrogen and oxygen atoms in total. The Morgan fingerprint density at radius 1 is 1.47 bits per heavy atom. The first-order valence-electron chi connectivity index (χ1n) is 4.51. The Hall–Kier alpha value is -2.02. The molecule has 0 bridgehead atoms. The fourth-order valence-corrected chi connectivity index (χ4v) is 1.54. The minimum Gasteiger partial charge on any atom is -0.465 e. The number of para-hydroxylation sites is 1. The summed E-state index contributed by atoms with van der Waals surface area (Å²) in [7, 11) is 0. The van der Waals surface area contributed by atoms with Crippen LogP contribution >= 0.6 is 0 Å². The number of hydrogen-bond donors (Lipinski definition) is 1. The molecule has 1 amide bonds. The monoisotopic (exact) mass is 204 g/mol. The van der Waals surface area contributed by atoms with Gasteiger partial charge in [0, 0.05) is 0 Å². The van der Waals surface area contributed by atoms with E-state index in [0.717, 1.165) is 16.0 Å². The third kappa shape index (κ3) is 2.26. The predicted octanol–water partition coefficient (Wildman–Crippen LogP) is 2.31. The summed E-state index contributed by atoms with van der Waals surface area (Å²) in [6.45, 7) is 3.51. The Labute approximate surface area is 88.4 Å². The van der Waals surface area contributed by atoms with Crippen LogP contribution < -0.4 is 4.90 Å². The first-order chi connectivity index (χ1) is 7.07. The summed E-state index contributed by atoms with van der Waals surface area (Å²) in [5.74, 6) is 0. The second-order valence-electron chi connectivity index (χ2n) is 3.27. The normalized spacial score (nSPS) is 9.40. The maximum atomic E-state index is 11.0. The van der Waals surface area contributed by atoms with E-state index in [4.69, 9.17) is 10.4 Å². The molecule has 15 heavy (non-hydrogen) atoms. The van der Waals surface area contributed by atoms with Gasteiger partial charge in [-0.25, -0.2) is 4.79 Å². The maximum Gasteiger partial charge on any atom is 0.412 e. The van der Waals surface area contributed by atoms with Crippen LogP contribution in [-0.4, -0.2) is 17.7 Å². The van der Waals surface area contributed by atoms with Crippen LogP contribution in [0.5, 0.6) is 0 Å². The van der Waals surface area contributed by atoms with E-state index in [1.54, 1.807) is 0 Å². The molecule has 0 atom stereocenters. The molecule has 0 spiro atoms. The summed E-state index contributed by atoms with van der Waals surface area (Å²) < 4.78 is 0. The van der Waals surface area contributed by atoms with Crippen LogP contribution in [0.15, 0.2) is 18.2 Å². The van der Waals surface area contributed by atoms with E-state index < -0.39 is 6.09 Å². The SMILES string of the molecule is Cc1cccc(C)c1N(CC#N)C(=O)O. The van der Waals surface area contributed by atoms with E-state index >= 15 is 0 Å². The van der Waals surface area contributed by atoms with E-state index in [2.05, 4.69) is 0 Å². The van der Waals surface area contributed by atoms with Crippen LogP contribution in [0.3, 0.4) is 0 Å². The Morgan fingerprint density at radius 2 is 2.00 bits per heavy atom. The molecule has 0 fully saturated rings. The highest BCUT2D eigenvalue weighted by Crippen LogP contribution is 2.24. The van der Waals surface area contributed by atoms with E-state index in [9.17, 15) is 4.79 Å². The van der Waals surface area contributed by atoms with Crippen LogP contribution in [0.1, 0.15) is 11.1 Å². The Bertz CT molecular complexity index is 401. The maximum absolute atomic E-state index is 11.0. The van der Waals surface area contributed by atoms with Gasteiger partial charge in [-0.3, -0.25) is 4.90 Å². The van der Waals surface area contributed by atoms with E-state index in [0.29, 0.717) is 5.69 Å². The molecule has 0 aromatic heterocycles. The van der Waals surface area contributed by atoms with Gasteiger partial charge < -0.3 is 5.11 Å². The highest BCUT2D eigenvalue weighted by molar-refractivity contribution is 5.88. The molecule has 0 radical (unpaired) electrons. The molecule has 0 saturated carbocycles. The first kappa shape index (κ1) is 11.1. The summed E-state index contributed by atoms with van der Waals surface area (Å²) in [6, 6.07) is 7.37. The molecule has 1 aromatic carbocycles. The predicted molar refractivity (Wildman–Crippen MR) is 56.9 cm³/mol. The first-order valence-corrected chi connectivity index (χ1v) is 4.51. The smallest absolute Gasteiger partial charge is 0.412 e. The van der Waals surface area contributed by atoms with Crippen molar-refractivity contribution in [2.45, 2.75) is 13.8 Å². The molecule has 0 aliphatic heterocycles. The van der Waals surface area contributed by atoms with Gasteiger partial charge >= 0.3 is 6.09 Å². The van der Waals surface area contributed by atoms with Gasteiger partial charge in [-0.2, -0.15) is 5.26 Å². The zero-order valence-corrected chi connectivity index (χ0v) is 8.69. The van der Waals surface area contributed by atoms with Gasteiger partial charge in [0.25, 0.3) is 0 Å². The second-order valence-corrected chi connectivity index (χ2v) is 3.27. The van der Waals surface area contributed by atoms with Crippen molar-refractivity contribution >= 4 is 11.8 Å². The molecule has 0 aliphatic rings. The van der Waals surface area contributed by atoms with E-state index in [1.165, 1.54) is 0 Å². The minimum atomic E-state index is -1.10. The molecule has 0 aliphatic carbocycles. The van der Waals surface area contributed by atoms with Gasteiger partial charge in [0.2, 0.25) is 0 Å². The molecule has 1 aromatic rings. The Morgan fingerprint density at radius 3 is 2.40 bits per heavy atom. The lowest BCUT2D eigenvalue weighted by atomic mass is 10.1. The summed E-state index contributed by atoms with van der Waals surface area (Å²) in [6.07, 6.45) is -1.10. The number of hydrogen-bond acceptors (Lipinski definition) is 2. The van der Waals surface area contributed by atoms with Crippen LogP contribution in [0, 0.1) is 25.2 Å². The summed E-state index contributed by atoms with van der Waals surface area (Å²) >= 11 is 0. The lowest BCUT2D eigenvalue weighted by Gasteiger charge is -2.20. The fourth-order valence-electron chi connectivity index (χ4n) is 1.54. The topological polar surface area (TPSA) is 64.3 Å². The summed E-state index contributed by atoms with van der Waals surface area (Å²) in [5, 5.41) is 17.6. The average molecular weight is 204 g/mol. The third-order valence-electron chi connectivity index (χ3n) is 2.17. The fraction of sp³-hybridized carbons (Fsp3) is 0.273. The number of carboxylic acid groups (broad SMARTS) is 1. The standard InChI is InChI=1S/C11H12N2O2/c1-8-4-3-5-9(2)10(8)13(7-6-12)11(14)15/h3-5H,7H2,1-2H3,(H,14,15). The molecule has 0 unspecified atom stereocenters. The van der Waals surface area contributed by atoms with Crippen molar-refractivity contribution in [2.75, 3.05) is 11.4 Å². The van der Waals surface area contributed by atoms with Crippen LogP contribution in [0.4, 0.5) is 10.5 Å². The van der Waals surface area contributed by atoms with Gasteiger partial charge in [-0.05, 0) is 25.0 Å². The van der Waals surface area contributed by atoms with Crippen molar-refractivity contribution in [3.05, 3.63) is 29.3 Å². The number of carbonyl (C=O) groups is 1. The van der Waals surface area contributed by atoms with Gasteiger partial charge in [-0.15, -0.1) is 0 Å². The number of nitrogens with zero attached hydrogens (tertiary/aromatic N) is 2. The van der Waals surface area contributed by atoms with Gasteiger partial charge in [0.1, 0.15) is 6.54 Å². The lowest BCUT2D eigenvalue weighted by Crippen LogP contribution is -2.30. The molecular formula is C11H12N2O2. The number of anilines is 1. The van der Waals surface area contributed by atoms with Gasteiger partial charge in [0.15, 0.2) is 0 Å². The van der Waals surface area contributed by atoms with Crippen molar-refractivity contribution in [3.8, 4) is 6.07 Å². The van der Waals surface area contributed by atoms with Crippen LogP contribution in [0.25, 0.3) is 0 Å². The second kappa shape index (κ2) is 4.47. The average Bonchev–Trinajstić information content (AvgIpc) is 2.15. The number of aryl methyl sites for hydroxylation is 2. The lowest BCUT2D eigenvalue weighted by molar-refractivity contribution is 0.202. The number of nitriles is 1. The van der Waals surface area contributed by atoms with Crippen LogP contribution in [-0.2, 0) is 0 Å². The van der Waals surface area contributed by atoms with Crippen LogP contribution in [0.2, 0.25) is 0 Å². The van der Waals surface area contributed by atoms with E-state index in [-0.39, 0.29) is 6.54 Å². The van der Waals surface area contributed by atoms with Crippen molar-refractivity contribution in [2.24, 2.45) is 0 Å². The summed E-state index contributed by atoms with van der Waals surface area (Å²) in [4.78, 5) is 12.0. The van der Waals surface area contributed by atoms with Crippen molar-refractivity contribution in [3.63, 3.8) is 0 Å². The quantitative estimate of drug-likeness (QED) is 0.752. The molecule has 78 valence electrons. The Kier molecular flexibility index (Phi) is 3.29. The largest absolute Gasteiger partial charge is 0.465 e. The highest BCUT2D eigenvalue weighted by Gasteiger charge is 2.17. The molecule has 0 saturated heterocycles. The highest BCUT2D eigenvalue weighted by atomic mass is 16.4. The third-order valence-corrected chi connectivity index (χ3v) is 2.17. The minimum absolute atomic E-state index is 0.152. The van der Waals surface area contributed by atoms with Gasteiger partial charge in [-0.1, -0.05) is 18.2 Å². The van der Waals surface area contributed by atoms with Crippen molar-refractivity contribution < 1.29 is 9.90 Å². The molecule has 4 heteroatoms. The van der Waals surface area contributed by atoms with Crippen molar-refractivity contribution in [1.82, 2.24) is 0 Å². The molecule has 1 rings (SSSR count). The number of benzene rings is 1. The zero-order chi connectivity index (χ0) is 11.4.